The molecule has 1 aliphatic heterocycles. The van der Waals surface area contributed by atoms with E-state index in [1.807, 2.05) is 61.2 Å². The quantitative estimate of drug-likeness (QED) is 0.471. The number of piperidine rings is 1. The van der Waals surface area contributed by atoms with Crippen molar-refractivity contribution < 1.29 is 9.59 Å². The van der Waals surface area contributed by atoms with Crippen LogP contribution in [0.4, 0.5) is 22.3 Å². The summed E-state index contributed by atoms with van der Waals surface area (Å²) < 4.78 is 4.23. The molecule has 1 fully saturated rings. The normalized spacial score (nSPS) is 15.6. The van der Waals surface area contributed by atoms with Gasteiger partial charge in [-0.25, -0.2) is 9.97 Å². The number of benzene rings is 1. The van der Waals surface area contributed by atoms with Crippen molar-refractivity contribution in [2.45, 2.75) is 25.8 Å². The van der Waals surface area contributed by atoms with E-state index < -0.39 is 5.91 Å². The molecule has 34 heavy (non-hydrogen) atoms. The van der Waals surface area contributed by atoms with Crippen molar-refractivity contribution in [2.75, 3.05) is 42.7 Å². The molecule has 1 aromatic carbocycles. The van der Waals surface area contributed by atoms with E-state index in [2.05, 4.69) is 25.0 Å². The average Bonchev–Trinajstić information content (AvgIpc) is 3.23. The second-order valence-corrected chi connectivity index (χ2v) is 9.26. The van der Waals surface area contributed by atoms with Crippen LogP contribution in [-0.2, 0) is 0 Å². The van der Waals surface area contributed by atoms with E-state index in [1.54, 1.807) is 0 Å². The Hall–Kier alpha value is -3.73. The van der Waals surface area contributed by atoms with Gasteiger partial charge in [-0.3, -0.25) is 9.59 Å². The van der Waals surface area contributed by atoms with Gasteiger partial charge in [0, 0.05) is 44.5 Å². The fourth-order valence-corrected chi connectivity index (χ4v) is 4.50. The summed E-state index contributed by atoms with van der Waals surface area (Å²) in [7, 11) is 3.94. The fraction of sp³-hybridized carbons (Fsp3) is 0.348. The number of carbonyl (C=O) groups excluding carboxylic acids is 2. The molecule has 2 aromatic heterocycles. The van der Waals surface area contributed by atoms with E-state index in [4.69, 9.17) is 5.73 Å². The molecule has 2 amide bonds. The van der Waals surface area contributed by atoms with E-state index in [0.717, 1.165) is 29.2 Å². The van der Waals surface area contributed by atoms with E-state index in [0.29, 0.717) is 24.5 Å². The highest BCUT2D eigenvalue weighted by Crippen LogP contribution is 2.24. The van der Waals surface area contributed by atoms with Gasteiger partial charge in [0.2, 0.25) is 0 Å². The van der Waals surface area contributed by atoms with Gasteiger partial charge in [-0.1, -0.05) is 0 Å². The van der Waals surface area contributed by atoms with E-state index in [9.17, 15) is 9.59 Å². The molecule has 1 unspecified atom stereocenters. The Kier molecular flexibility index (Phi) is 6.92. The standard InChI is InChI=1S/C23H28N8O2S/c1-14-11-19(34-29-14)28-22-20(21(24)32)25-12-18(27-22)26-16-5-4-10-31(13-16)23(33)15-6-8-17(9-7-15)30(2)3/h6-9,11-12,16H,4-5,10,13H2,1-3H3,(H2,24,32)(H2,26,27,28). The van der Waals surface area contributed by atoms with Crippen LogP contribution in [0.5, 0.6) is 0 Å². The third kappa shape index (κ3) is 5.42. The lowest BCUT2D eigenvalue weighted by molar-refractivity contribution is 0.0714. The molecule has 1 saturated heterocycles. The fourth-order valence-electron chi connectivity index (χ4n) is 3.84. The van der Waals surface area contributed by atoms with E-state index >= 15 is 0 Å². The minimum atomic E-state index is -0.669. The summed E-state index contributed by atoms with van der Waals surface area (Å²) in [5.41, 5.74) is 8.11. The summed E-state index contributed by atoms with van der Waals surface area (Å²) in [6.45, 7) is 3.13. The van der Waals surface area contributed by atoms with Crippen LogP contribution in [-0.4, -0.2) is 64.3 Å². The lowest BCUT2D eigenvalue weighted by Gasteiger charge is -2.33. The molecule has 11 heteroatoms. The maximum absolute atomic E-state index is 13.0. The molecule has 3 heterocycles. The topological polar surface area (TPSA) is 129 Å². The molecular weight excluding hydrogens is 452 g/mol. The SMILES string of the molecule is Cc1cc(Nc2nc(NC3CCCN(C(=O)c4ccc(N(C)C)cc4)C3)cnc2C(N)=O)sn1. The molecule has 0 radical (unpaired) electrons. The van der Waals surface area contributed by atoms with Gasteiger partial charge in [0.15, 0.2) is 11.5 Å². The third-order valence-electron chi connectivity index (χ3n) is 5.57. The minimum absolute atomic E-state index is 0.00553. The van der Waals surface area contributed by atoms with Crippen LogP contribution in [0.15, 0.2) is 36.5 Å². The van der Waals surface area contributed by atoms with Gasteiger partial charge in [0.25, 0.3) is 11.8 Å². The lowest BCUT2D eigenvalue weighted by atomic mass is 10.0. The van der Waals surface area contributed by atoms with Crippen LogP contribution in [0.25, 0.3) is 0 Å². The number of nitrogens with one attached hydrogen (secondary N) is 2. The molecule has 4 rings (SSSR count). The van der Waals surface area contributed by atoms with Crippen LogP contribution >= 0.6 is 11.5 Å². The van der Waals surface area contributed by atoms with Gasteiger partial charge < -0.3 is 26.2 Å². The van der Waals surface area contributed by atoms with E-state index in [-0.39, 0.29) is 23.5 Å². The van der Waals surface area contributed by atoms with Crippen LogP contribution in [0.2, 0.25) is 0 Å². The monoisotopic (exact) mass is 480 g/mol. The van der Waals surface area contributed by atoms with Gasteiger partial charge >= 0.3 is 0 Å². The predicted molar refractivity (Wildman–Crippen MR) is 134 cm³/mol. The molecule has 4 N–H and O–H groups in total. The molecule has 1 atom stereocenters. The molecule has 0 spiro atoms. The smallest absolute Gasteiger partial charge is 0.271 e. The second kappa shape index (κ2) is 10.0. The molecule has 0 aliphatic carbocycles. The number of hydrogen-bond acceptors (Lipinski definition) is 9. The molecule has 10 nitrogen and oxygen atoms in total. The van der Waals surface area contributed by atoms with Gasteiger partial charge in [-0.2, -0.15) is 4.37 Å². The Morgan fingerprint density at radius 1 is 1.24 bits per heavy atom. The summed E-state index contributed by atoms with van der Waals surface area (Å²) in [4.78, 5) is 37.5. The number of likely N-dealkylation sites (tertiary alicyclic amines) is 1. The van der Waals surface area contributed by atoms with Gasteiger partial charge in [-0.05, 0) is 61.6 Å². The minimum Gasteiger partial charge on any atom is -0.378 e. The van der Waals surface area contributed by atoms with Gasteiger partial charge in [0.1, 0.15) is 10.8 Å². The summed E-state index contributed by atoms with van der Waals surface area (Å²) in [6.07, 6.45) is 3.25. The lowest BCUT2D eigenvalue weighted by Crippen LogP contribution is -2.45. The van der Waals surface area contributed by atoms with Crippen molar-refractivity contribution in [1.29, 1.82) is 0 Å². The van der Waals surface area contributed by atoms with Crippen LogP contribution in [0.1, 0.15) is 39.4 Å². The zero-order valence-electron chi connectivity index (χ0n) is 19.4. The molecule has 0 bridgehead atoms. The number of nitrogens with zero attached hydrogens (tertiary/aromatic N) is 5. The Bertz CT molecular complexity index is 1180. The first-order valence-corrected chi connectivity index (χ1v) is 11.8. The summed E-state index contributed by atoms with van der Waals surface area (Å²) in [6, 6.07) is 9.48. The van der Waals surface area contributed by atoms with Crippen molar-refractivity contribution in [3.8, 4) is 0 Å². The van der Waals surface area contributed by atoms with Crippen molar-refractivity contribution in [3.05, 3.63) is 53.5 Å². The maximum Gasteiger partial charge on any atom is 0.271 e. The zero-order chi connectivity index (χ0) is 24.2. The highest BCUT2D eigenvalue weighted by atomic mass is 32.1. The maximum atomic E-state index is 13.0. The van der Waals surface area contributed by atoms with Crippen LogP contribution in [0.3, 0.4) is 0 Å². The molecule has 0 saturated carbocycles. The highest BCUT2D eigenvalue weighted by Gasteiger charge is 2.25. The van der Waals surface area contributed by atoms with Crippen LogP contribution < -0.4 is 21.3 Å². The molecule has 178 valence electrons. The number of carbonyl (C=O) groups is 2. The first-order valence-electron chi connectivity index (χ1n) is 11.0. The number of anilines is 4. The number of aromatic nitrogens is 3. The van der Waals surface area contributed by atoms with Crippen molar-refractivity contribution >= 4 is 45.7 Å². The summed E-state index contributed by atoms with van der Waals surface area (Å²) in [5.74, 6) is 0.113. The first-order chi connectivity index (χ1) is 16.3. The van der Waals surface area contributed by atoms with Gasteiger partial charge in [0.05, 0.1) is 11.9 Å². The number of primary amides is 1. The predicted octanol–water partition coefficient (Wildman–Crippen LogP) is 2.87. The van der Waals surface area contributed by atoms with Crippen molar-refractivity contribution in [1.82, 2.24) is 19.2 Å². The Balaban J connectivity index is 1.46. The molecule has 1 aliphatic rings. The first kappa shape index (κ1) is 23.4. The molecule has 3 aromatic rings. The van der Waals surface area contributed by atoms with Gasteiger partial charge in [-0.15, -0.1) is 0 Å². The zero-order valence-corrected chi connectivity index (χ0v) is 20.2. The number of hydrogen-bond donors (Lipinski definition) is 3. The van der Waals surface area contributed by atoms with E-state index in [1.165, 1.54) is 17.7 Å². The molecular formula is C23H28N8O2S. The largest absolute Gasteiger partial charge is 0.378 e. The Labute approximate surface area is 202 Å². The summed E-state index contributed by atoms with van der Waals surface area (Å²) in [5, 5.41) is 7.18. The Morgan fingerprint density at radius 2 is 2.00 bits per heavy atom. The highest BCUT2D eigenvalue weighted by molar-refractivity contribution is 7.10. The second-order valence-electron chi connectivity index (χ2n) is 8.45. The van der Waals surface area contributed by atoms with Crippen molar-refractivity contribution in [2.24, 2.45) is 5.73 Å². The number of nitrogens with two attached hydrogens (primary N) is 1. The number of aryl methyl sites for hydroxylation is 1. The third-order valence-corrected chi connectivity index (χ3v) is 6.36. The average molecular weight is 481 g/mol. The number of amides is 2. The Morgan fingerprint density at radius 3 is 2.65 bits per heavy atom. The summed E-state index contributed by atoms with van der Waals surface area (Å²) >= 11 is 1.26. The van der Waals surface area contributed by atoms with Crippen molar-refractivity contribution in [3.63, 3.8) is 0 Å². The number of rotatable bonds is 7. The van der Waals surface area contributed by atoms with Crippen LogP contribution in [0, 0.1) is 6.92 Å².